The largest absolute Gasteiger partial charge is 0.478 e. The molecule has 5 heteroatoms. The molecule has 0 fully saturated rings. The van der Waals surface area contributed by atoms with E-state index in [0.29, 0.717) is 11.1 Å². The van der Waals surface area contributed by atoms with Crippen LogP contribution >= 0.6 is 0 Å². The molecule has 0 bridgehead atoms. The maximum absolute atomic E-state index is 12.4. The molecule has 1 aromatic carbocycles. The topological polar surface area (TPSA) is 71.4 Å². The van der Waals surface area contributed by atoms with Gasteiger partial charge >= 0.3 is 5.97 Å². The molecule has 0 aromatic heterocycles. The zero-order valence-electron chi connectivity index (χ0n) is 11.7. The lowest BCUT2D eigenvalue weighted by atomic mass is 10.1. The van der Waals surface area contributed by atoms with E-state index in [2.05, 4.69) is 0 Å². The van der Waals surface area contributed by atoms with Gasteiger partial charge in [-0.2, -0.15) is 0 Å². The second kappa shape index (κ2) is 5.74. The molecular formula is C14H20O4S. The van der Waals surface area contributed by atoms with Crippen molar-refractivity contribution >= 4 is 15.8 Å². The molecule has 0 heterocycles. The summed E-state index contributed by atoms with van der Waals surface area (Å²) in [6.07, 6.45) is 0.774. The van der Waals surface area contributed by atoms with E-state index in [4.69, 9.17) is 5.11 Å². The van der Waals surface area contributed by atoms with Crippen molar-refractivity contribution in [3.63, 3.8) is 0 Å². The van der Waals surface area contributed by atoms with Gasteiger partial charge in [0.15, 0.2) is 9.84 Å². The molecule has 19 heavy (non-hydrogen) atoms. The lowest BCUT2D eigenvalue weighted by molar-refractivity contribution is 0.0696. The van der Waals surface area contributed by atoms with Crippen LogP contribution in [0.15, 0.2) is 17.0 Å². The van der Waals surface area contributed by atoms with E-state index in [1.54, 1.807) is 13.8 Å². The predicted molar refractivity (Wildman–Crippen MR) is 74.4 cm³/mol. The fraction of sp³-hybridized carbons (Fsp3) is 0.500. The standard InChI is InChI=1S/C14H20O4S/c1-5-9(2)8-19(17,18)13-7-12(14(15)16)6-10(3)11(13)4/h6-7,9H,5,8H2,1-4H3,(H,15,16). The quantitative estimate of drug-likeness (QED) is 0.902. The smallest absolute Gasteiger partial charge is 0.335 e. The summed E-state index contributed by atoms with van der Waals surface area (Å²) in [5.41, 5.74) is 1.33. The highest BCUT2D eigenvalue weighted by molar-refractivity contribution is 7.91. The monoisotopic (exact) mass is 284 g/mol. The Morgan fingerprint density at radius 1 is 1.32 bits per heavy atom. The molecule has 106 valence electrons. The van der Waals surface area contributed by atoms with E-state index in [1.165, 1.54) is 12.1 Å². The SMILES string of the molecule is CCC(C)CS(=O)(=O)c1cc(C(=O)O)cc(C)c1C. The molecular weight excluding hydrogens is 264 g/mol. The summed E-state index contributed by atoms with van der Waals surface area (Å²) in [6.45, 7) is 7.25. The van der Waals surface area contributed by atoms with Crippen LogP contribution in [0, 0.1) is 19.8 Å². The molecule has 4 nitrogen and oxygen atoms in total. The van der Waals surface area contributed by atoms with Gasteiger partial charge in [-0.1, -0.05) is 20.3 Å². The average molecular weight is 284 g/mol. The lowest BCUT2D eigenvalue weighted by Gasteiger charge is -2.14. The number of hydrogen-bond acceptors (Lipinski definition) is 3. The summed E-state index contributed by atoms with van der Waals surface area (Å²) >= 11 is 0. The van der Waals surface area contributed by atoms with E-state index in [1.807, 2.05) is 13.8 Å². The third-order valence-electron chi connectivity index (χ3n) is 3.40. The Bertz CT molecular complexity index is 588. The van der Waals surface area contributed by atoms with Gasteiger partial charge in [0.25, 0.3) is 0 Å². The van der Waals surface area contributed by atoms with E-state index in [-0.39, 0.29) is 22.1 Å². The Morgan fingerprint density at radius 2 is 1.89 bits per heavy atom. The zero-order valence-corrected chi connectivity index (χ0v) is 12.5. The van der Waals surface area contributed by atoms with E-state index in [9.17, 15) is 13.2 Å². The second-order valence-electron chi connectivity index (χ2n) is 5.02. The van der Waals surface area contributed by atoms with E-state index >= 15 is 0 Å². The highest BCUT2D eigenvalue weighted by Crippen LogP contribution is 2.24. The fourth-order valence-corrected chi connectivity index (χ4v) is 3.95. The van der Waals surface area contributed by atoms with Crippen LogP contribution in [0.2, 0.25) is 0 Å². The molecule has 0 aliphatic rings. The molecule has 0 amide bonds. The summed E-state index contributed by atoms with van der Waals surface area (Å²) in [5, 5.41) is 9.02. The first-order chi connectivity index (χ1) is 8.69. The highest BCUT2D eigenvalue weighted by atomic mass is 32.2. The maximum atomic E-state index is 12.4. The van der Waals surface area contributed by atoms with Crippen LogP contribution in [0.3, 0.4) is 0 Å². The molecule has 1 N–H and O–H groups in total. The van der Waals surface area contributed by atoms with Gasteiger partial charge in [0, 0.05) is 0 Å². The van der Waals surface area contributed by atoms with Crippen molar-refractivity contribution in [3.05, 3.63) is 28.8 Å². The predicted octanol–water partition coefficient (Wildman–Crippen LogP) is 2.82. The van der Waals surface area contributed by atoms with Gasteiger partial charge in [-0.25, -0.2) is 13.2 Å². The molecule has 0 saturated carbocycles. The Hall–Kier alpha value is -1.36. The molecule has 0 saturated heterocycles. The number of hydrogen-bond donors (Lipinski definition) is 1. The Balaban J connectivity index is 3.37. The minimum Gasteiger partial charge on any atom is -0.478 e. The first kappa shape index (κ1) is 15.7. The number of carboxylic acid groups (broad SMARTS) is 1. The molecule has 0 aliphatic heterocycles. The van der Waals surface area contributed by atoms with Crippen LogP contribution in [0.1, 0.15) is 41.8 Å². The summed E-state index contributed by atoms with van der Waals surface area (Å²) in [5.74, 6) is -1.01. The molecule has 1 rings (SSSR count). The van der Waals surface area contributed by atoms with Crippen molar-refractivity contribution in [2.45, 2.75) is 39.0 Å². The molecule has 1 aromatic rings. The van der Waals surface area contributed by atoms with Crippen LogP contribution in [0.5, 0.6) is 0 Å². The number of carboxylic acids is 1. The summed E-state index contributed by atoms with van der Waals surface area (Å²) < 4.78 is 24.7. The van der Waals surface area contributed by atoms with Crippen LogP contribution in [0.25, 0.3) is 0 Å². The van der Waals surface area contributed by atoms with Gasteiger partial charge < -0.3 is 5.11 Å². The summed E-state index contributed by atoms with van der Waals surface area (Å²) in [6, 6.07) is 2.77. The van der Waals surface area contributed by atoms with Crippen LogP contribution in [-0.2, 0) is 9.84 Å². The van der Waals surface area contributed by atoms with Gasteiger partial charge in [0.2, 0.25) is 0 Å². The van der Waals surface area contributed by atoms with Crippen molar-refractivity contribution in [1.82, 2.24) is 0 Å². The van der Waals surface area contributed by atoms with E-state index < -0.39 is 15.8 Å². The van der Waals surface area contributed by atoms with Crippen molar-refractivity contribution in [3.8, 4) is 0 Å². The second-order valence-corrected chi connectivity index (χ2v) is 7.02. The average Bonchev–Trinajstić information content (AvgIpc) is 2.31. The minimum absolute atomic E-state index is 0.0193. The molecule has 1 unspecified atom stereocenters. The summed E-state index contributed by atoms with van der Waals surface area (Å²) in [7, 11) is -3.44. The Labute approximate surface area is 114 Å². The van der Waals surface area contributed by atoms with Gasteiger partial charge in [-0.05, 0) is 43.0 Å². The Kier molecular flexibility index (Phi) is 4.74. The molecule has 0 aliphatic carbocycles. The normalized spacial score (nSPS) is 13.3. The molecule has 1 atom stereocenters. The fourth-order valence-electron chi connectivity index (χ4n) is 1.86. The minimum atomic E-state index is -3.44. The van der Waals surface area contributed by atoms with E-state index in [0.717, 1.165) is 6.42 Å². The summed E-state index contributed by atoms with van der Waals surface area (Å²) in [4.78, 5) is 11.2. The molecule has 0 radical (unpaired) electrons. The highest BCUT2D eigenvalue weighted by Gasteiger charge is 2.22. The maximum Gasteiger partial charge on any atom is 0.335 e. The first-order valence-corrected chi connectivity index (χ1v) is 7.91. The third-order valence-corrected chi connectivity index (χ3v) is 5.50. The molecule has 0 spiro atoms. The van der Waals surface area contributed by atoms with Crippen LogP contribution in [-0.4, -0.2) is 25.2 Å². The van der Waals surface area contributed by atoms with Gasteiger partial charge in [0.1, 0.15) is 0 Å². The zero-order chi connectivity index (χ0) is 14.8. The van der Waals surface area contributed by atoms with Crippen molar-refractivity contribution in [1.29, 1.82) is 0 Å². The number of aromatic carboxylic acids is 1. The third kappa shape index (κ3) is 3.56. The van der Waals surface area contributed by atoms with Crippen LogP contribution in [0.4, 0.5) is 0 Å². The van der Waals surface area contributed by atoms with Crippen molar-refractivity contribution in [2.24, 2.45) is 5.92 Å². The van der Waals surface area contributed by atoms with Crippen LogP contribution < -0.4 is 0 Å². The number of aryl methyl sites for hydroxylation is 1. The van der Waals surface area contributed by atoms with Gasteiger partial charge in [-0.15, -0.1) is 0 Å². The Morgan fingerprint density at radius 3 is 2.37 bits per heavy atom. The lowest BCUT2D eigenvalue weighted by Crippen LogP contribution is -2.16. The number of rotatable bonds is 5. The first-order valence-electron chi connectivity index (χ1n) is 6.26. The number of carbonyl (C=O) groups is 1. The van der Waals surface area contributed by atoms with Gasteiger partial charge in [0.05, 0.1) is 16.2 Å². The van der Waals surface area contributed by atoms with Gasteiger partial charge in [-0.3, -0.25) is 0 Å². The number of sulfone groups is 1. The van der Waals surface area contributed by atoms with Crippen molar-refractivity contribution in [2.75, 3.05) is 5.75 Å². The van der Waals surface area contributed by atoms with Crippen molar-refractivity contribution < 1.29 is 18.3 Å². The number of benzene rings is 1.